The summed E-state index contributed by atoms with van der Waals surface area (Å²) < 4.78 is 27.4. The SMILES string of the molecule is CNS(=O)(=O)c1cc(C(=O)c2c(C)sc3ccccc23)ccc1Cl. The first-order chi connectivity index (χ1) is 11.3. The number of carbonyl (C=O) groups excluding carboxylic acids is 1. The Morgan fingerprint density at radius 1 is 1.17 bits per heavy atom. The van der Waals surface area contributed by atoms with Crippen LogP contribution in [0.4, 0.5) is 0 Å². The Hall–Kier alpha value is -1.73. The van der Waals surface area contributed by atoms with Crippen LogP contribution in [-0.4, -0.2) is 21.2 Å². The number of fused-ring (bicyclic) bond motifs is 1. The molecule has 3 aromatic rings. The minimum atomic E-state index is -3.74. The van der Waals surface area contributed by atoms with Gasteiger partial charge >= 0.3 is 0 Å². The van der Waals surface area contributed by atoms with E-state index in [2.05, 4.69) is 4.72 Å². The van der Waals surface area contributed by atoms with Crippen LogP contribution in [0.15, 0.2) is 47.4 Å². The van der Waals surface area contributed by atoms with E-state index in [9.17, 15) is 13.2 Å². The molecule has 1 aromatic heterocycles. The van der Waals surface area contributed by atoms with Gasteiger partial charge in [0, 0.05) is 26.1 Å². The Labute approximate surface area is 149 Å². The van der Waals surface area contributed by atoms with E-state index in [-0.39, 0.29) is 15.7 Å². The normalized spacial score (nSPS) is 11.8. The molecule has 0 saturated carbocycles. The van der Waals surface area contributed by atoms with Gasteiger partial charge in [-0.25, -0.2) is 13.1 Å². The smallest absolute Gasteiger partial charge is 0.241 e. The molecule has 2 aromatic carbocycles. The van der Waals surface area contributed by atoms with Crippen LogP contribution in [0.1, 0.15) is 20.8 Å². The Bertz CT molecular complexity index is 1050. The highest BCUT2D eigenvalue weighted by Crippen LogP contribution is 2.33. The highest BCUT2D eigenvalue weighted by molar-refractivity contribution is 7.89. The molecular formula is C17H14ClNO3S2. The van der Waals surface area contributed by atoms with Crippen molar-refractivity contribution >= 4 is 48.8 Å². The second kappa shape index (κ2) is 6.29. The summed E-state index contributed by atoms with van der Waals surface area (Å²) in [5.41, 5.74) is 0.894. The van der Waals surface area contributed by atoms with Crippen molar-refractivity contribution in [3.05, 3.63) is 63.5 Å². The lowest BCUT2D eigenvalue weighted by Crippen LogP contribution is -2.19. The molecule has 124 valence electrons. The standard InChI is InChI=1S/C17H14ClNO3S2/c1-10-16(12-5-3-4-6-14(12)23-10)17(20)11-7-8-13(18)15(9-11)24(21,22)19-2/h3-9,19H,1-2H3. The molecule has 0 fully saturated rings. The number of nitrogens with one attached hydrogen (secondary N) is 1. The Morgan fingerprint density at radius 2 is 1.88 bits per heavy atom. The average molecular weight is 380 g/mol. The lowest BCUT2D eigenvalue weighted by atomic mass is 10.0. The predicted molar refractivity (Wildman–Crippen MR) is 97.7 cm³/mol. The third-order valence-corrected chi connectivity index (χ3v) is 6.73. The molecule has 0 radical (unpaired) electrons. The molecule has 0 amide bonds. The zero-order chi connectivity index (χ0) is 17.5. The molecule has 0 saturated heterocycles. The number of halogens is 1. The number of sulfonamides is 1. The Kier molecular flexibility index (Phi) is 4.48. The summed E-state index contributed by atoms with van der Waals surface area (Å²) in [5.74, 6) is -0.214. The van der Waals surface area contributed by atoms with E-state index in [4.69, 9.17) is 11.6 Å². The van der Waals surface area contributed by atoms with Crippen LogP contribution in [0.5, 0.6) is 0 Å². The minimum absolute atomic E-state index is 0.0767. The number of hydrogen-bond donors (Lipinski definition) is 1. The summed E-state index contributed by atoms with van der Waals surface area (Å²) in [6.45, 7) is 1.89. The fraction of sp³-hybridized carbons (Fsp3) is 0.118. The number of benzene rings is 2. The highest BCUT2D eigenvalue weighted by Gasteiger charge is 2.22. The molecule has 0 aliphatic heterocycles. The summed E-state index contributed by atoms with van der Waals surface area (Å²) >= 11 is 7.53. The molecule has 0 spiro atoms. The molecule has 1 N–H and O–H groups in total. The van der Waals surface area contributed by atoms with Gasteiger partial charge in [0.05, 0.1) is 5.02 Å². The van der Waals surface area contributed by atoms with Crippen LogP contribution < -0.4 is 4.72 Å². The number of thiophene rings is 1. The van der Waals surface area contributed by atoms with Gasteiger partial charge < -0.3 is 0 Å². The van der Waals surface area contributed by atoms with E-state index in [0.717, 1.165) is 15.0 Å². The average Bonchev–Trinajstić information content (AvgIpc) is 2.90. The molecule has 0 aliphatic carbocycles. The molecule has 4 nitrogen and oxygen atoms in total. The topological polar surface area (TPSA) is 63.2 Å². The van der Waals surface area contributed by atoms with Gasteiger partial charge in [-0.15, -0.1) is 11.3 Å². The van der Waals surface area contributed by atoms with E-state index < -0.39 is 10.0 Å². The van der Waals surface area contributed by atoms with E-state index in [1.165, 1.54) is 19.2 Å². The zero-order valence-corrected chi connectivity index (χ0v) is 15.3. The van der Waals surface area contributed by atoms with Crippen molar-refractivity contribution in [2.75, 3.05) is 7.05 Å². The molecule has 0 atom stereocenters. The lowest BCUT2D eigenvalue weighted by Gasteiger charge is -2.08. The molecule has 3 rings (SSSR count). The van der Waals surface area contributed by atoms with Gasteiger partial charge in [0.2, 0.25) is 10.0 Å². The zero-order valence-electron chi connectivity index (χ0n) is 13.0. The van der Waals surface area contributed by atoms with Crippen molar-refractivity contribution in [3.8, 4) is 0 Å². The Balaban J connectivity index is 2.17. The van der Waals surface area contributed by atoms with Crippen molar-refractivity contribution in [2.24, 2.45) is 0 Å². The lowest BCUT2D eigenvalue weighted by molar-refractivity contribution is 0.104. The summed E-state index contributed by atoms with van der Waals surface area (Å²) in [6.07, 6.45) is 0. The third-order valence-electron chi connectivity index (χ3n) is 3.75. The Morgan fingerprint density at radius 3 is 2.58 bits per heavy atom. The first-order valence-corrected chi connectivity index (χ1v) is 9.79. The van der Waals surface area contributed by atoms with Crippen molar-refractivity contribution in [3.63, 3.8) is 0 Å². The number of ketones is 1. The summed E-state index contributed by atoms with van der Waals surface area (Å²) in [4.78, 5) is 13.8. The van der Waals surface area contributed by atoms with Gasteiger partial charge in [-0.1, -0.05) is 29.8 Å². The van der Waals surface area contributed by atoms with E-state index >= 15 is 0 Å². The maximum Gasteiger partial charge on any atom is 0.241 e. The molecule has 7 heteroatoms. The molecular weight excluding hydrogens is 366 g/mol. The van der Waals surface area contributed by atoms with Crippen LogP contribution in [0.2, 0.25) is 5.02 Å². The van der Waals surface area contributed by atoms with Crippen molar-refractivity contribution in [2.45, 2.75) is 11.8 Å². The highest BCUT2D eigenvalue weighted by atomic mass is 35.5. The quantitative estimate of drug-likeness (QED) is 0.697. The third kappa shape index (κ3) is 2.86. The van der Waals surface area contributed by atoms with Crippen LogP contribution in [0.3, 0.4) is 0 Å². The number of aryl methyl sites for hydroxylation is 1. The van der Waals surface area contributed by atoms with Crippen LogP contribution in [0, 0.1) is 6.92 Å². The number of hydrogen-bond acceptors (Lipinski definition) is 4. The molecule has 24 heavy (non-hydrogen) atoms. The fourth-order valence-corrected chi connectivity index (χ4v) is 4.87. The summed E-state index contributed by atoms with van der Waals surface area (Å²) in [7, 11) is -2.44. The second-order valence-corrected chi connectivity index (χ2v) is 8.73. The van der Waals surface area contributed by atoms with Crippen molar-refractivity contribution in [1.82, 2.24) is 4.72 Å². The maximum atomic E-state index is 13.0. The molecule has 0 aliphatic rings. The number of carbonyl (C=O) groups is 1. The first-order valence-electron chi connectivity index (χ1n) is 7.11. The van der Waals surface area contributed by atoms with E-state index in [0.29, 0.717) is 11.1 Å². The molecule has 0 unspecified atom stereocenters. The summed E-state index contributed by atoms with van der Waals surface area (Å²) in [5, 5.41) is 0.950. The molecule has 1 heterocycles. The first kappa shape index (κ1) is 17.1. The van der Waals surface area contributed by atoms with Gasteiger partial charge in [-0.3, -0.25) is 4.79 Å². The van der Waals surface area contributed by atoms with Gasteiger partial charge in [0.15, 0.2) is 5.78 Å². The van der Waals surface area contributed by atoms with Crippen molar-refractivity contribution < 1.29 is 13.2 Å². The van der Waals surface area contributed by atoms with E-state index in [1.54, 1.807) is 17.4 Å². The largest absolute Gasteiger partial charge is 0.289 e. The van der Waals surface area contributed by atoms with E-state index in [1.807, 2.05) is 31.2 Å². The maximum absolute atomic E-state index is 13.0. The summed E-state index contributed by atoms with van der Waals surface area (Å²) in [6, 6.07) is 12.0. The van der Waals surface area contributed by atoms with Crippen LogP contribution in [0.25, 0.3) is 10.1 Å². The fourth-order valence-electron chi connectivity index (χ4n) is 2.55. The van der Waals surface area contributed by atoms with Gasteiger partial charge in [0.25, 0.3) is 0 Å². The van der Waals surface area contributed by atoms with Gasteiger partial charge in [-0.2, -0.15) is 0 Å². The second-order valence-electron chi connectivity index (χ2n) is 5.21. The number of rotatable bonds is 4. The monoisotopic (exact) mass is 379 g/mol. The minimum Gasteiger partial charge on any atom is -0.289 e. The van der Waals surface area contributed by atoms with Crippen LogP contribution in [-0.2, 0) is 10.0 Å². The van der Waals surface area contributed by atoms with Crippen molar-refractivity contribution in [1.29, 1.82) is 0 Å². The van der Waals surface area contributed by atoms with Crippen LogP contribution >= 0.6 is 22.9 Å². The van der Waals surface area contributed by atoms with Gasteiger partial charge in [-0.05, 0) is 38.2 Å². The predicted octanol–water partition coefficient (Wildman–Crippen LogP) is 4.00. The van der Waals surface area contributed by atoms with Gasteiger partial charge in [0.1, 0.15) is 4.90 Å². The molecule has 0 bridgehead atoms.